The van der Waals surface area contributed by atoms with Crippen LogP contribution in [0.4, 0.5) is 5.95 Å². The largest absolute Gasteiger partial charge is 0.369 e. The molecule has 0 bridgehead atoms. The van der Waals surface area contributed by atoms with Crippen LogP contribution in [-0.2, 0) is 11.3 Å². The van der Waals surface area contributed by atoms with Gasteiger partial charge in [-0.15, -0.1) is 0 Å². The first-order chi connectivity index (χ1) is 8.52. The molecule has 0 radical (unpaired) electrons. The molecule has 7 nitrogen and oxygen atoms in total. The van der Waals surface area contributed by atoms with Crippen molar-refractivity contribution in [3.8, 4) is 0 Å². The van der Waals surface area contributed by atoms with Gasteiger partial charge in [0, 0.05) is 31.1 Å². The summed E-state index contributed by atoms with van der Waals surface area (Å²) in [5.41, 5.74) is 10.8. The monoisotopic (exact) mass is 251 g/mol. The van der Waals surface area contributed by atoms with Crippen molar-refractivity contribution in [2.75, 3.05) is 11.9 Å². The third kappa shape index (κ3) is 2.15. The molecule has 0 spiro atoms. The van der Waals surface area contributed by atoms with E-state index in [0.717, 1.165) is 0 Å². The molecule has 0 aromatic carbocycles. The maximum atomic E-state index is 11.4. The molecule has 0 aliphatic carbocycles. The first-order valence-electron chi connectivity index (χ1n) is 5.93. The molecule has 2 atom stereocenters. The van der Waals surface area contributed by atoms with Crippen LogP contribution in [0.1, 0.15) is 23.8 Å². The Morgan fingerprint density at radius 1 is 1.61 bits per heavy atom. The van der Waals surface area contributed by atoms with Crippen molar-refractivity contribution in [3.05, 3.63) is 11.9 Å². The number of hydrogen-bond donors (Lipinski definition) is 3. The standard InChI is InChI=1S/C11H17N5O2/c1-2-7(9(12)17)6-3-14-11-15-8(10(13)18)5-16(11)4-6/h5-7H,2-4H2,1H3,(H2,12,17)(H2,13,18)(H,14,15). The summed E-state index contributed by atoms with van der Waals surface area (Å²) >= 11 is 0. The fourth-order valence-corrected chi connectivity index (χ4v) is 2.39. The van der Waals surface area contributed by atoms with E-state index in [1.54, 1.807) is 10.8 Å². The van der Waals surface area contributed by atoms with Crippen molar-refractivity contribution in [2.45, 2.75) is 19.9 Å². The summed E-state index contributed by atoms with van der Waals surface area (Å²) in [7, 11) is 0. The van der Waals surface area contributed by atoms with Crippen LogP contribution in [0.2, 0.25) is 0 Å². The second-order valence-electron chi connectivity index (χ2n) is 4.52. The fraction of sp³-hybridized carbons (Fsp3) is 0.545. The maximum absolute atomic E-state index is 11.4. The number of anilines is 1. The second-order valence-corrected chi connectivity index (χ2v) is 4.52. The highest BCUT2D eigenvalue weighted by atomic mass is 16.1. The number of nitrogens with zero attached hydrogens (tertiary/aromatic N) is 2. The van der Waals surface area contributed by atoms with Gasteiger partial charge in [0.25, 0.3) is 5.91 Å². The lowest BCUT2D eigenvalue weighted by atomic mass is 9.88. The molecule has 2 unspecified atom stereocenters. The normalized spacial score (nSPS) is 19.7. The van der Waals surface area contributed by atoms with E-state index in [-0.39, 0.29) is 23.4 Å². The zero-order chi connectivity index (χ0) is 13.3. The Morgan fingerprint density at radius 3 is 2.89 bits per heavy atom. The zero-order valence-electron chi connectivity index (χ0n) is 10.2. The molecule has 1 aliphatic rings. The van der Waals surface area contributed by atoms with E-state index in [1.165, 1.54) is 0 Å². The van der Waals surface area contributed by atoms with E-state index < -0.39 is 5.91 Å². The van der Waals surface area contributed by atoms with Crippen molar-refractivity contribution >= 4 is 17.8 Å². The highest BCUT2D eigenvalue weighted by Gasteiger charge is 2.29. The summed E-state index contributed by atoms with van der Waals surface area (Å²) in [6, 6.07) is 0. The van der Waals surface area contributed by atoms with E-state index in [1.807, 2.05) is 6.92 Å². The minimum Gasteiger partial charge on any atom is -0.369 e. The van der Waals surface area contributed by atoms with Gasteiger partial charge in [0.2, 0.25) is 11.9 Å². The van der Waals surface area contributed by atoms with Crippen LogP contribution in [-0.4, -0.2) is 27.9 Å². The van der Waals surface area contributed by atoms with E-state index in [4.69, 9.17) is 11.5 Å². The van der Waals surface area contributed by atoms with Gasteiger partial charge in [-0.2, -0.15) is 0 Å². The predicted molar refractivity (Wildman–Crippen MR) is 65.7 cm³/mol. The molecular weight excluding hydrogens is 234 g/mol. The van der Waals surface area contributed by atoms with Crippen LogP contribution in [0.3, 0.4) is 0 Å². The lowest BCUT2D eigenvalue weighted by Gasteiger charge is -2.29. The lowest BCUT2D eigenvalue weighted by Crippen LogP contribution is -2.38. The average molecular weight is 251 g/mol. The van der Waals surface area contributed by atoms with Crippen molar-refractivity contribution in [1.82, 2.24) is 9.55 Å². The highest BCUT2D eigenvalue weighted by molar-refractivity contribution is 5.91. The first-order valence-corrected chi connectivity index (χ1v) is 5.93. The number of primary amides is 2. The van der Waals surface area contributed by atoms with Gasteiger partial charge >= 0.3 is 0 Å². The molecule has 1 aromatic rings. The summed E-state index contributed by atoms with van der Waals surface area (Å²) in [5, 5.41) is 3.09. The highest BCUT2D eigenvalue weighted by Crippen LogP contribution is 2.24. The van der Waals surface area contributed by atoms with E-state index >= 15 is 0 Å². The number of rotatable bonds is 4. The summed E-state index contributed by atoms with van der Waals surface area (Å²) in [6.45, 7) is 3.18. The quantitative estimate of drug-likeness (QED) is 0.671. The van der Waals surface area contributed by atoms with E-state index in [9.17, 15) is 9.59 Å². The number of hydrogen-bond acceptors (Lipinski definition) is 4. The Bertz CT molecular complexity index is 482. The zero-order valence-corrected chi connectivity index (χ0v) is 10.2. The Kier molecular flexibility index (Phi) is 3.22. The number of amides is 2. The molecule has 7 heteroatoms. The molecule has 18 heavy (non-hydrogen) atoms. The minimum absolute atomic E-state index is 0.106. The molecular formula is C11H17N5O2. The Labute approximate surface area is 105 Å². The number of imidazole rings is 1. The van der Waals surface area contributed by atoms with Gasteiger partial charge in [0.05, 0.1) is 0 Å². The fourth-order valence-electron chi connectivity index (χ4n) is 2.39. The maximum Gasteiger partial charge on any atom is 0.268 e. The molecule has 2 rings (SSSR count). The van der Waals surface area contributed by atoms with Crippen LogP contribution in [0.15, 0.2) is 6.20 Å². The SMILES string of the molecule is CCC(C(N)=O)C1CNc2nc(C(N)=O)cn2C1. The molecule has 0 saturated heterocycles. The molecule has 2 heterocycles. The average Bonchev–Trinajstić information content (AvgIpc) is 2.72. The summed E-state index contributed by atoms with van der Waals surface area (Å²) in [5.74, 6) is -0.306. The first kappa shape index (κ1) is 12.4. The van der Waals surface area contributed by atoms with Gasteiger partial charge in [-0.05, 0) is 6.42 Å². The van der Waals surface area contributed by atoms with E-state index in [0.29, 0.717) is 25.5 Å². The molecule has 1 aliphatic heterocycles. The molecule has 5 N–H and O–H groups in total. The van der Waals surface area contributed by atoms with Crippen LogP contribution in [0.5, 0.6) is 0 Å². The number of fused-ring (bicyclic) bond motifs is 1. The predicted octanol–water partition coefficient (Wildman–Crippen LogP) is -0.465. The summed E-state index contributed by atoms with van der Waals surface area (Å²) in [4.78, 5) is 26.5. The van der Waals surface area contributed by atoms with Crippen molar-refractivity contribution in [3.63, 3.8) is 0 Å². The van der Waals surface area contributed by atoms with Gasteiger partial charge < -0.3 is 21.4 Å². The van der Waals surface area contributed by atoms with Crippen molar-refractivity contribution in [2.24, 2.45) is 23.3 Å². The second kappa shape index (κ2) is 4.67. The molecule has 0 fully saturated rings. The van der Waals surface area contributed by atoms with Crippen LogP contribution in [0, 0.1) is 11.8 Å². The Hall–Kier alpha value is -2.05. The Balaban J connectivity index is 2.19. The minimum atomic E-state index is -0.558. The number of nitrogens with two attached hydrogens (primary N) is 2. The van der Waals surface area contributed by atoms with E-state index in [2.05, 4.69) is 10.3 Å². The third-order valence-corrected chi connectivity index (χ3v) is 3.36. The van der Waals surface area contributed by atoms with Gasteiger partial charge in [-0.25, -0.2) is 4.98 Å². The molecule has 0 saturated carbocycles. The Morgan fingerprint density at radius 2 is 2.33 bits per heavy atom. The lowest BCUT2D eigenvalue weighted by molar-refractivity contribution is -0.123. The van der Waals surface area contributed by atoms with Gasteiger partial charge in [0.15, 0.2) is 0 Å². The summed E-state index contributed by atoms with van der Waals surface area (Å²) in [6.07, 6.45) is 2.30. The number of nitrogens with one attached hydrogen (secondary N) is 1. The molecule has 1 aromatic heterocycles. The van der Waals surface area contributed by atoms with Gasteiger partial charge in [-0.1, -0.05) is 6.92 Å². The number of aromatic nitrogens is 2. The number of carbonyl (C=O) groups excluding carboxylic acids is 2. The molecule has 98 valence electrons. The smallest absolute Gasteiger partial charge is 0.268 e. The summed E-state index contributed by atoms with van der Waals surface area (Å²) < 4.78 is 1.81. The van der Waals surface area contributed by atoms with Crippen LogP contribution in [0.25, 0.3) is 0 Å². The van der Waals surface area contributed by atoms with Crippen molar-refractivity contribution in [1.29, 1.82) is 0 Å². The number of carbonyl (C=O) groups is 2. The third-order valence-electron chi connectivity index (χ3n) is 3.36. The molecule has 2 amide bonds. The van der Waals surface area contributed by atoms with Crippen molar-refractivity contribution < 1.29 is 9.59 Å². The van der Waals surface area contributed by atoms with Gasteiger partial charge in [0.1, 0.15) is 5.69 Å². The van der Waals surface area contributed by atoms with Crippen LogP contribution >= 0.6 is 0 Å². The van der Waals surface area contributed by atoms with Gasteiger partial charge in [-0.3, -0.25) is 9.59 Å². The van der Waals surface area contributed by atoms with Crippen LogP contribution < -0.4 is 16.8 Å². The topological polar surface area (TPSA) is 116 Å².